The van der Waals surface area contributed by atoms with E-state index in [0.717, 1.165) is 0 Å². The molecule has 12 nitrogen and oxygen atoms in total. The molecule has 1 aromatic carbocycles. The van der Waals surface area contributed by atoms with Crippen LogP contribution in [0.1, 0.15) is 39.1 Å². The first-order valence-electron chi connectivity index (χ1n) is 8.59. The minimum atomic E-state index is -1.11. The summed E-state index contributed by atoms with van der Waals surface area (Å²) < 4.78 is 0. The molecular weight excluding hydrogens is 412 g/mol. The fraction of sp³-hybridized carbons (Fsp3) is 0.368. The number of hydrogen-bond acceptors (Lipinski definition) is 10. The van der Waals surface area contributed by atoms with Gasteiger partial charge in [-0.2, -0.15) is 0 Å². The number of carboxylic acid groups (broad SMARTS) is 2. The zero-order valence-electron chi connectivity index (χ0n) is 16.3. The van der Waals surface area contributed by atoms with Gasteiger partial charge in [0.05, 0.1) is 36.3 Å². The first kappa shape index (κ1) is 26.7. The van der Waals surface area contributed by atoms with E-state index in [-0.39, 0.29) is 29.8 Å². The van der Waals surface area contributed by atoms with E-state index in [2.05, 4.69) is 20.0 Å². The van der Waals surface area contributed by atoms with Crippen LogP contribution < -0.4 is 0 Å². The topological polar surface area (TPSA) is 192 Å². The second kappa shape index (κ2) is 15.6. The van der Waals surface area contributed by atoms with Crippen LogP contribution in [0.15, 0.2) is 38.2 Å². The molecule has 1 rings (SSSR count). The molecule has 0 radical (unpaired) electrons. The van der Waals surface area contributed by atoms with Gasteiger partial charge in [0.25, 0.3) is 0 Å². The van der Waals surface area contributed by atoms with Crippen molar-refractivity contribution in [1.82, 2.24) is 0 Å². The van der Waals surface area contributed by atoms with Crippen LogP contribution in [0.4, 0.5) is 0 Å². The summed E-state index contributed by atoms with van der Waals surface area (Å²) in [5, 5.41) is 17.4. The number of aliphatic imine (C=N–C) groups is 4. The van der Waals surface area contributed by atoms with Gasteiger partial charge in [-0.1, -0.05) is 6.07 Å². The van der Waals surface area contributed by atoms with Crippen LogP contribution in [0.25, 0.3) is 0 Å². The molecule has 0 saturated carbocycles. The van der Waals surface area contributed by atoms with Gasteiger partial charge in [-0.15, -0.1) is 0 Å². The first-order valence-corrected chi connectivity index (χ1v) is 8.59. The Hall–Kier alpha value is -4.32. The van der Waals surface area contributed by atoms with Crippen LogP contribution >= 0.6 is 0 Å². The summed E-state index contributed by atoms with van der Waals surface area (Å²) in [6, 6.07) is 3.11. The summed E-state index contributed by atoms with van der Waals surface area (Å²) in [6.07, 6.45) is 6.08. The molecule has 162 valence electrons. The smallest absolute Gasteiger partial charge is 0.335 e. The fourth-order valence-electron chi connectivity index (χ4n) is 2.31. The van der Waals surface area contributed by atoms with Crippen molar-refractivity contribution in [1.29, 1.82) is 0 Å². The van der Waals surface area contributed by atoms with Crippen molar-refractivity contribution in [2.24, 2.45) is 20.0 Å². The number of benzene rings is 1. The number of aromatic carboxylic acids is 2. The van der Waals surface area contributed by atoms with Gasteiger partial charge >= 0.3 is 11.9 Å². The lowest BCUT2D eigenvalue weighted by Crippen LogP contribution is -2.15. The Morgan fingerprint density at radius 3 is 1.48 bits per heavy atom. The molecule has 0 spiro atoms. The van der Waals surface area contributed by atoms with Crippen molar-refractivity contribution in [3.05, 3.63) is 34.9 Å². The Kier molecular flexibility index (Phi) is 13.4. The highest BCUT2D eigenvalue weighted by Gasteiger charge is 2.14. The largest absolute Gasteiger partial charge is 0.478 e. The lowest BCUT2D eigenvalue weighted by atomic mass is 10.0. The van der Waals surface area contributed by atoms with Gasteiger partial charge in [-0.25, -0.2) is 48.7 Å². The van der Waals surface area contributed by atoms with Gasteiger partial charge in [0.1, 0.15) is 0 Å². The van der Waals surface area contributed by atoms with Gasteiger partial charge < -0.3 is 10.2 Å². The van der Waals surface area contributed by atoms with Gasteiger partial charge in [-0.3, -0.25) is 0 Å². The molecule has 31 heavy (non-hydrogen) atoms. The van der Waals surface area contributed by atoms with E-state index in [4.69, 9.17) is 10.2 Å². The highest BCUT2D eigenvalue weighted by Crippen LogP contribution is 2.13. The van der Waals surface area contributed by atoms with Crippen molar-refractivity contribution in [2.75, 3.05) is 13.1 Å². The zero-order valence-corrected chi connectivity index (χ0v) is 16.3. The van der Waals surface area contributed by atoms with E-state index in [0.29, 0.717) is 12.8 Å². The van der Waals surface area contributed by atoms with Crippen LogP contribution in [-0.4, -0.2) is 71.6 Å². The van der Waals surface area contributed by atoms with Crippen molar-refractivity contribution in [3.63, 3.8) is 0 Å². The third kappa shape index (κ3) is 10.7. The molecule has 1 aromatic rings. The summed E-state index contributed by atoms with van der Waals surface area (Å²) in [6.45, 7) is 1.49. The minimum Gasteiger partial charge on any atom is -0.478 e. The zero-order chi connectivity index (χ0) is 23.6. The number of carbonyl (C=O) groups excluding carboxylic acids is 4. The average Bonchev–Trinajstić information content (AvgIpc) is 2.73. The van der Waals surface area contributed by atoms with Crippen LogP contribution in [-0.2, 0) is 19.2 Å². The third-order valence-electron chi connectivity index (χ3n) is 3.83. The summed E-state index contributed by atoms with van der Waals surface area (Å²) in [4.78, 5) is 74.9. The van der Waals surface area contributed by atoms with Crippen LogP contribution in [0.5, 0.6) is 0 Å². The maximum Gasteiger partial charge on any atom is 0.335 e. The number of rotatable bonds is 11. The number of nitrogens with zero attached hydrogens (tertiary/aromatic N) is 4. The Labute approximate surface area is 175 Å². The first-order chi connectivity index (χ1) is 14.8. The van der Waals surface area contributed by atoms with Gasteiger partial charge in [0, 0.05) is 0 Å². The van der Waals surface area contributed by atoms with Crippen molar-refractivity contribution < 1.29 is 39.0 Å². The lowest BCUT2D eigenvalue weighted by Gasteiger charge is -2.09. The molecule has 2 atom stereocenters. The maximum atomic E-state index is 10.6. The highest BCUT2D eigenvalue weighted by molar-refractivity contribution is 5.96. The third-order valence-corrected chi connectivity index (χ3v) is 3.83. The molecule has 0 saturated heterocycles. The van der Waals surface area contributed by atoms with Gasteiger partial charge in [0.15, 0.2) is 0 Å². The summed E-state index contributed by atoms with van der Waals surface area (Å²) in [7, 11) is 0. The number of hydrogen-bond donors (Lipinski definition) is 2. The van der Waals surface area contributed by atoms with E-state index in [1.807, 2.05) is 0 Å². The molecule has 0 heterocycles. The van der Waals surface area contributed by atoms with Crippen molar-refractivity contribution in [3.8, 4) is 0 Å². The van der Waals surface area contributed by atoms with Gasteiger partial charge in [-0.05, 0) is 37.5 Å². The van der Waals surface area contributed by atoms with E-state index < -0.39 is 24.0 Å². The molecule has 12 heteroatoms. The van der Waals surface area contributed by atoms with Crippen LogP contribution in [0.3, 0.4) is 0 Å². The van der Waals surface area contributed by atoms with Crippen molar-refractivity contribution in [2.45, 2.75) is 31.8 Å². The summed E-state index contributed by atoms with van der Waals surface area (Å²) >= 11 is 0. The number of carboxylic acids is 2. The molecule has 0 aliphatic rings. The molecular formula is C19H18N4O8. The molecule has 0 amide bonds. The molecule has 2 unspecified atom stereocenters. The molecule has 0 fully saturated rings. The predicted octanol–water partition coefficient (Wildman–Crippen LogP) is 1.24. The SMILES string of the molecule is Cc1c(C(=O)O)cccc1C(=O)O.O=C=NCC(CCC(CN=C=O)N=C=O)N=C=O. The standard InChI is InChI=1S/C10H10N4O4.C9H8O4/c15-5-11-3-9(13-7-17)1-2-10(14-8-18)4-12-6-16;1-5-6(8(10)11)3-2-4-7(5)9(12)13/h9-10H,1-4H2;2-4H,1H3,(H,10,11)(H,12,13). The Morgan fingerprint density at radius 1 is 0.806 bits per heavy atom. The molecule has 0 aliphatic heterocycles. The van der Waals surface area contributed by atoms with Crippen molar-refractivity contribution >= 4 is 36.3 Å². The lowest BCUT2D eigenvalue weighted by molar-refractivity contribution is 0.0696. The highest BCUT2D eigenvalue weighted by atomic mass is 16.4. The van der Waals surface area contributed by atoms with E-state index in [9.17, 15) is 28.8 Å². The Bertz CT molecular complexity index is 893. The number of isocyanates is 4. The quantitative estimate of drug-likeness (QED) is 0.386. The van der Waals surface area contributed by atoms with Crippen LogP contribution in [0, 0.1) is 6.92 Å². The monoisotopic (exact) mass is 430 g/mol. The van der Waals surface area contributed by atoms with E-state index in [1.165, 1.54) is 49.4 Å². The average molecular weight is 430 g/mol. The Balaban J connectivity index is 0.000000609. The molecule has 0 bridgehead atoms. The molecule has 0 aliphatic carbocycles. The summed E-state index contributed by atoms with van der Waals surface area (Å²) in [5.74, 6) is -2.22. The van der Waals surface area contributed by atoms with E-state index >= 15 is 0 Å². The maximum absolute atomic E-state index is 10.6. The van der Waals surface area contributed by atoms with Gasteiger partial charge in [0.2, 0.25) is 24.3 Å². The van der Waals surface area contributed by atoms with E-state index in [1.54, 1.807) is 0 Å². The molecule has 0 aromatic heterocycles. The van der Waals surface area contributed by atoms with Crippen LogP contribution in [0.2, 0.25) is 0 Å². The fourth-order valence-corrected chi connectivity index (χ4v) is 2.31. The normalized spacial score (nSPS) is 10.9. The minimum absolute atomic E-state index is 0.00715. The predicted molar refractivity (Wildman–Crippen MR) is 104 cm³/mol. The summed E-state index contributed by atoms with van der Waals surface area (Å²) in [5.41, 5.74) is 0.335. The number of carbonyl (C=O) groups is 2. The second-order valence-electron chi connectivity index (χ2n) is 5.78. The second-order valence-corrected chi connectivity index (χ2v) is 5.78. The molecule has 2 N–H and O–H groups in total. The Morgan fingerprint density at radius 2 is 1.19 bits per heavy atom.